The maximum absolute atomic E-state index is 12.0. The third-order valence-electron chi connectivity index (χ3n) is 2.94. The second-order valence-corrected chi connectivity index (χ2v) is 6.75. The Morgan fingerprint density at radius 3 is 2.89 bits per heavy atom. The lowest BCUT2D eigenvalue weighted by atomic mass is 10.3. The van der Waals surface area contributed by atoms with Crippen molar-refractivity contribution in [3.8, 4) is 0 Å². The number of nitrogens with zero attached hydrogens (tertiary/aromatic N) is 3. The number of carbonyl (C=O) groups is 1. The molecule has 2 rings (SSSR count). The Hall–Kier alpha value is -1.57. The number of anilines is 1. The molecule has 0 bridgehead atoms. The summed E-state index contributed by atoms with van der Waals surface area (Å²) in [7, 11) is -3.00. The quantitative estimate of drug-likeness (QED) is 0.753. The molecule has 8 heteroatoms. The van der Waals surface area contributed by atoms with E-state index in [-0.39, 0.29) is 36.5 Å². The molecule has 1 aromatic heterocycles. The number of aromatic nitrogens is 2. The summed E-state index contributed by atoms with van der Waals surface area (Å²) in [5, 5.41) is 3.93. The Morgan fingerprint density at radius 2 is 2.33 bits per heavy atom. The Morgan fingerprint density at radius 1 is 1.61 bits per heavy atom. The number of nitrogen functional groups attached to an aromatic ring is 1. The lowest BCUT2D eigenvalue weighted by Crippen LogP contribution is -2.50. The van der Waals surface area contributed by atoms with E-state index in [2.05, 4.69) is 5.10 Å². The Bertz CT molecular complexity index is 551. The van der Waals surface area contributed by atoms with Gasteiger partial charge in [-0.3, -0.25) is 9.48 Å². The standard InChI is InChI=1S/C10H16N4O3S/c1-8-7-18(16,17)3-2-14(8)10(15)6-13-5-9(11)4-12-13/h4-5,8H,2-3,6-7,11H2,1H3. The van der Waals surface area contributed by atoms with Crippen molar-refractivity contribution in [2.45, 2.75) is 19.5 Å². The van der Waals surface area contributed by atoms with Crippen molar-refractivity contribution in [2.75, 3.05) is 23.8 Å². The van der Waals surface area contributed by atoms with Crippen LogP contribution in [0, 0.1) is 0 Å². The molecule has 0 spiro atoms. The molecule has 1 fully saturated rings. The lowest BCUT2D eigenvalue weighted by molar-refractivity contribution is -0.133. The van der Waals surface area contributed by atoms with Crippen molar-refractivity contribution < 1.29 is 13.2 Å². The van der Waals surface area contributed by atoms with Crippen LogP contribution >= 0.6 is 0 Å². The van der Waals surface area contributed by atoms with Crippen LogP contribution in [0.1, 0.15) is 6.92 Å². The predicted octanol–water partition coefficient (Wildman–Crippen LogP) is -0.889. The van der Waals surface area contributed by atoms with Gasteiger partial charge in [0.1, 0.15) is 6.54 Å². The Balaban J connectivity index is 2.02. The van der Waals surface area contributed by atoms with Gasteiger partial charge in [-0.2, -0.15) is 5.10 Å². The molecule has 0 saturated carbocycles. The maximum Gasteiger partial charge on any atom is 0.244 e. The third-order valence-corrected chi connectivity index (χ3v) is 4.74. The van der Waals surface area contributed by atoms with Crippen LogP contribution in [0.3, 0.4) is 0 Å². The molecular weight excluding hydrogens is 256 g/mol. The number of sulfone groups is 1. The van der Waals surface area contributed by atoms with Crippen molar-refractivity contribution in [1.82, 2.24) is 14.7 Å². The predicted molar refractivity (Wildman–Crippen MR) is 66.5 cm³/mol. The molecule has 1 unspecified atom stereocenters. The zero-order valence-electron chi connectivity index (χ0n) is 10.1. The highest BCUT2D eigenvalue weighted by Gasteiger charge is 2.31. The minimum atomic E-state index is -3.00. The van der Waals surface area contributed by atoms with Crippen LogP contribution in [0.2, 0.25) is 0 Å². The van der Waals surface area contributed by atoms with E-state index in [1.807, 2.05) is 0 Å². The number of hydrogen-bond acceptors (Lipinski definition) is 5. The molecule has 1 saturated heterocycles. The van der Waals surface area contributed by atoms with Gasteiger partial charge in [0.15, 0.2) is 9.84 Å². The normalized spacial score (nSPS) is 22.9. The van der Waals surface area contributed by atoms with Crippen LogP contribution in [0.4, 0.5) is 5.69 Å². The summed E-state index contributed by atoms with van der Waals surface area (Å²) in [5.74, 6) is -0.0786. The molecule has 0 radical (unpaired) electrons. The van der Waals surface area contributed by atoms with E-state index in [0.29, 0.717) is 5.69 Å². The monoisotopic (exact) mass is 272 g/mol. The minimum absolute atomic E-state index is 0.0278. The van der Waals surface area contributed by atoms with E-state index in [1.165, 1.54) is 10.9 Å². The van der Waals surface area contributed by atoms with E-state index in [4.69, 9.17) is 5.73 Å². The lowest BCUT2D eigenvalue weighted by Gasteiger charge is -2.33. The molecule has 2 heterocycles. The van der Waals surface area contributed by atoms with Crippen molar-refractivity contribution >= 4 is 21.4 Å². The highest BCUT2D eigenvalue weighted by atomic mass is 32.2. The van der Waals surface area contributed by atoms with E-state index >= 15 is 0 Å². The topological polar surface area (TPSA) is 98.3 Å². The molecule has 1 aliphatic heterocycles. The molecular formula is C10H16N4O3S. The molecule has 0 aliphatic carbocycles. The first-order valence-electron chi connectivity index (χ1n) is 5.65. The van der Waals surface area contributed by atoms with E-state index in [0.717, 1.165) is 0 Å². The van der Waals surface area contributed by atoms with E-state index in [9.17, 15) is 13.2 Å². The van der Waals surface area contributed by atoms with Crippen LogP contribution < -0.4 is 5.73 Å². The number of carbonyl (C=O) groups excluding carboxylic acids is 1. The zero-order chi connectivity index (χ0) is 13.3. The third kappa shape index (κ3) is 2.81. The van der Waals surface area contributed by atoms with Gasteiger partial charge in [-0.15, -0.1) is 0 Å². The average molecular weight is 272 g/mol. The fourth-order valence-electron chi connectivity index (χ4n) is 2.06. The second-order valence-electron chi connectivity index (χ2n) is 4.52. The summed E-state index contributed by atoms with van der Waals surface area (Å²) >= 11 is 0. The number of nitrogens with two attached hydrogens (primary N) is 1. The molecule has 2 N–H and O–H groups in total. The Labute approximate surface area is 105 Å². The van der Waals surface area contributed by atoms with Gasteiger partial charge in [-0.1, -0.05) is 0 Å². The largest absolute Gasteiger partial charge is 0.396 e. The molecule has 7 nitrogen and oxygen atoms in total. The van der Waals surface area contributed by atoms with Gasteiger partial charge in [0.2, 0.25) is 5.91 Å². The SMILES string of the molecule is CC1CS(=O)(=O)CCN1C(=O)Cn1cc(N)cn1. The molecule has 1 amide bonds. The molecule has 18 heavy (non-hydrogen) atoms. The summed E-state index contributed by atoms with van der Waals surface area (Å²) in [6.45, 7) is 2.08. The summed E-state index contributed by atoms with van der Waals surface area (Å²) < 4.78 is 24.3. The number of hydrogen-bond donors (Lipinski definition) is 1. The molecule has 0 aromatic carbocycles. The number of rotatable bonds is 2. The highest BCUT2D eigenvalue weighted by Crippen LogP contribution is 2.12. The van der Waals surface area contributed by atoms with E-state index < -0.39 is 9.84 Å². The highest BCUT2D eigenvalue weighted by molar-refractivity contribution is 7.91. The van der Waals surface area contributed by atoms with Gasteiger partial charge in [-0.05, 0) is 6.92 Å². The first kappa shape index (κ1) is 12.9. The van der Waals surface area contributed by atoms with Crippen LogP contribution in [0.15, 0.2) is 12.4 Å². The minimum Gasteiger partial charge on any atom is -0.396 e. The van der Waals surface area contributed by atoms with Crippen LogP contribution in [-0.4, -0.2) is 53.1 Å². The van der Waals surface area contributed by atoms with Gasteiger partial charge >= 0.3 is 0 Å². The molecule has 1 aromatic rings. The summed E-state index contributed by atoms with van der Waals surface area (Å²) in [6, 6.07) is -0.288. The van der Waals surface area contributed by atoms with Crippen molar-refractivity contribution in [1.29, 1.82) is 0 Å². The van der Waals surface area contributed by atoms with Crippen molar-refractivity contribution in [3.63, 3.8) is 0 Å². The van der Waals surface area contributed by atoms with Crippen LogP contribution in [-0.2, 0) is 21.2 Å². The molecule has 1 atom stereocenters. The van der Waals surface area contributed by atoms with Gasteiger partial charge in [0.05, 0.1) is 23.4 Å². The maximum atomic E-state index is 12.0. The first-order valence-corrected chi connectivity index (χ1v) is 7.47. The Kier molecular flexibility index (Phi) is 3.29. The summed E-state index contributed by atoms with van der Waals surface area (Å²) in [6.07, 6.45) is 3.04. The molecule has 100 valence electrons. The van der Waals surface area contributed by atoms with E-state index in [1.54, 1.807) is 18.0 Å². The van der Waals surface area contributed by atoms with Gasteiger partial charge in [0, 0.05) is 18.8 Å². The van der Waals surface area contributed by atoms with Gasteiger partial charge < -0.3 is 10.6 Å². The summed E-state index contributed by atoms with van der Waals surface area (Å²) in [4.78, 5) is 13.6. The van der Waals surface area contributed by atoms with Gasteiger partial charge in [0.25, 0.3) is 0 Å². The fraction of sp³-hybridized carbons (Fsp3) is 0.600. The number of amides is 1. The van der Waals surface area contributed by atoms with Gasteiger partial charge in [-0.25, -0.2) is 8.42 Å². The summed E-state index contributed by atoms with van der Waals surface area (Å²) in [5.41, 5.74) is 6.01. The fourth-order valence-corrected chi connectivity index (χ4v) is 3.62. The van der Waals surface area contributed by atoms with Crippen molar-refractivity contribution in [3.05, 3.63) is 12.4 Å². The van der Waals surface area contributed by atoms with Crippen molar-refractivity contribution in [2.24, 2.45) is 0 Å². The first-order chi connectivity index (χ1) is 8.37. The smallest absolute Gasteiger partial charge is 0.244 e. The zero-order valence-corrected chi connectivity index (χ0v) is 10.9. The van der Waals surface area contributed by atoms with Crippen LogP contribution in [0.5, 0.6) is 0 Å². The second kappa shape index (κ2) is 4.60. The average Bonchev–Trinajstić information content (AvgIpc) is 2.62. The molecule has 1 aliphatic rings. The van der Waals surface area contributed by atoms with Crippen LogP contribution in [0.25, 0.3) is 0 Å².